The molecule has 0 radical (unpaired) electrons. The Balaban J connectivity index is 1.92. The third-order valence-electron chi connectivity index (χ3n) is 4.63. The summed E-state index contributed by atoms with van der Waals surface area (Å²) in [7, 11) is 0. The molecule has 1 unspecified atom stereocenters. The first-order chi connectivity index (χ1) is 14.1. The van der Waals surface area contributed by atoms with Gasteiger partial charge in [0, 0.05) is 29.3 Å². The zero-order valence-electron chi connectivity index (χ0n) is 15.7. The Kier molecular flexibility index (Phi) is 5.31. The summed E-state index contributed by atoms with van der Waals surface area (Å²) in [6.45, 7) is 2.10. The summed E-state index contributed by atoms with van der Waals surface area (Å²) < 4.78 is 2.12. The van der Waals surface area contributed by atoms with Crippen LogP contribution in [0.3, 0.4) is 0 Å². The van der Waals surface area contributed by atoms with Crippen molar-refractivity contribution < 1.29 is 4.92 Å². The molecule has 0 saturated carbocycles. The average Bonchev–Trinajstić information content (AvgIpc) is 3.18. The van der Waals surface area contributed by atoms with Gasteiger partial charge in [0.1, 0.15) is 0 Å². The summed E-state index contributed by atoms with van der Waals surface area (Å²) in [5, 5.41) is 13.2. The fourth-order valence-corrected chi connectivity index (χ4v) is 4.17. The number of benzene rings is 2. The molecule has 0 amide bonds. The largest absolute Gasteiger partial charge is 0.309 e. The van der Waals surface area contributed by atoms with Crippen LogP contribution in [0.2, 0.25) is 0 Å². The second-order valence-corrected chi connectivity index (χ2v) is 7.33. The minimum Gasteiger partial charge on any atom is -0.309 e. The van der Waals surface area contributed by atoms with E-state index in [1.165, 1.54) is 17.4 Å². The SMILES string of the molecule is CC(c1ccccc1)n1c(-c2cccc([N+](=O)[O-])c2)csc1=Nc1cccnc1. The number of hydrogen-bond acceptors (Lipinski definition) is 5. The molecule has 144 valence electrons. The summed E-state index contributed by atoms with van der Waals surface area (Å²) in [4.78, 5) is 20.6. The van der Waals surface area contributed by atoms with Crippen LogP contribution >= 0.6 is 11.3 Å². The van der Waals surface area contributed by atoms with E-state index in [2.05, 4.69) is 28.6 Å². The van der Waals surface area contributed by atoms with Gasteiger partial charge in [-0.2, -0.15) is 0 Å². The molecule has 0 aliphatic carbocycles. The van der Waals surface area contributed by atoms with E-state index < -0.39 is 0 Å². The maximum Gasteiger partial charge on any atom is 0.270 e. The fourth-order valence-electron chi connectivity index (χ4n) is 3.18. The highest BCUT2D eigenvalue weighted by Gasteiger charge is 2.17. The highest BCUT2D eigenvalue weighted by Crippen LogP contribution is 2.29. The third kappa shape index (κ3) is 4.00. The summed E-state index contributed by atoms with van der Waals surface area (Å²) >= 11 is 1.50. The van der Waals surface area contributed by atoms with Gasteiger partial charge in [0.15, 0.2) is 4.80 Å². The molecule has 6 nitrogen and oxygen atoms in total. The Morgan fingerprint density at radius 2 is 1.93 bits per heavy atom. The molecule has 29 heavy (non-hydrogen) atoms. The minimum atomic E-state index is -0.373. The molecule has 2 heterocycles. The third-order valence-corrected chi connectivity index (χ3v) is 5.47. The van der Waals surface area contributed by atoms with Crippen molar-refractivity contribution in [2.24, 2.45) is 4.99 Å². The van der Waals surface area contributed by atoms with Crippen LogP contribution < -0.4 is 4.80 Å². The van der Waals surface area contributed by atoms with Crippen LogP contribution in [0.5, 0.6) is 0 Å². The molecule has 2 aromatic carbocycles. The Morgan fingerprint density at radius 3 is 2.66 bits per heavy atom. The van der Waals surface area contributed by atoms with Crippen LogP contribution in [0.4, 0.5) is 11.4 Å². The van der Waals surface area contributed by atoms with Crippen LogP contribution in [-0.4, -0.2) is 14.5 Å². The van der Waals surface area contributed by atoms with Gasteiger partial charge in [-0.25, -0.2) is 4.99 Å². The standard InChI is InChI=1S/C22H18N4O2S/c1-16(17-7-3-2-4-8-17)25-21(18-9-5-11-20(13-18)26(27)28)15-29-22(25)24-19-10-6-12-23-14-19/h2-16H,1H3. The lowest BCUT2D eigenvalue weighted by molar-refractivity contribution is -0.384. The summed E-state index contributed by atoms with van der Waals surface area (Å²) in [5.74, 6) is 0. The van der Waals surface area contributed by atoms with Gasteiger partial charge in [-0.1, -0.05) is 42.5 Å². The van der Waals surface area contributed by atoms with E-state index in [1.807, 2.05) is 41.8 Å². The van der Waals surface area contributed by atoms with Crippen molar-refractivity contribution in [3.63, 3.8) is 0 Å². The number of nitrogens with zero attached hydrogens (tertiary/aromatic N) is 4. The van der Waals surface area contributed by atoms with E-state index in [1.54, 1.807) is 24.5 Å². The van der Waals surface area contributed by atoms with E-state index in [0.29, 0.717) is 0 Å². The van der Waals surface area contributed by atoms with Crippen molar-refractivity contribution in [2.45, 2.75) is 13.0 Å². The van der Waals surface area contributed by atoms with Crippen LogP contribution in [0.1, 0.15) is 18.5 Å². The van der Waals surface area contributed by atoms with E-state index in [-0.39, 0.29) is 16.7 Å². The average molecular weight is 402 g/mol. The number of thiazole rings is 1. The first-order valence-electron chi connectivity index (χ1n) is 9.08. The molecule has 0 fully saturated rings. The van der Waals surface area contributed by atoms with Gasteiger partial charge < -0.3 is 4.57 Å². The van der Waals surface area contributed by atoms with Crippen LogP contribution in [0.15, 0.2) is 89.5 Å². The number of nitro benzene ring substituents is 1. The summed E-state index contributed by atoms with van der Waals surface area (Å²) in [6.07, 6.45) is 3.42. The molecular formula is C22H18N4O2S. The number of nitro groups is 1. The maximum absolute atomic E-state index is 11.2. The lowest BCUT2D eigenvalue weighted by Gasteiger charge is -2.18. The highest BCUT2D eigenvalue weighted by atomic mass is 32.1. The van der Waals surface area contributed by atoms with Gasteiger partial charge in [-0.15, -0.1) is 11.3 Å². The Morgan fingerprint density at radius 1 is 1.10 bits per heavy atom. The van der Waals surface area contributed by atoms with Crippen LogP contribution in [0.25, 0.3) is 11.3 Å². The quantitative estimate of drug-likeness (QED) is 0.333. The minimum absolute atomic E-state index is 0.00728. The lowest BCUT2D eigenvalue weighted by Crippen LogP contribution is -2.20. The zero-order valence-corrected chi connectivity index (χ0v) is 16.5. The molecule has 2 aromatic heterocycles. The fraction of sp³-hybridized carbons (Fsp3) is 0.0909. The summed E-state index contributed by atoms with van der Waals surface area (Å²) in [6, 6.07) is 20.6. The van der Waals surface area contributed by atoms with Crippen LogP contribution in [-0.2, 0) is 0 Å². The Bertz CT molecular complexity index is 1200. The van der Waals surface area contributed by atoms with Crippen LogP contribution in [0, 0.1) is 10.1 Å². The van der Waals surface area contributed by atoms with Crippen molar-refractivity contribution in [2.75, 3.05) is 0 Å². The first-order valence-corrected chi connectivity index (χ1v) is 9.96. The van der Waals surface area contributed by atoms with E-state index >= 15 is 0 Å². The van der Waals surface area contributed by atoms with E-state index in [4.69, 9.17) is 4.99 Å². The van der Waals surface area contributed by atoms with Gasteiger partial charge >= 0.3 is 0 Å². The molecule has 0 aliphatic rings. The second-order valence-electron chi connectivity index (χ2n) is 6.49. The number of non-ortho nitro benzene ring substituents is 1. The number of pyridine rings is 1. The normalized spacial score (nSPS) is 12.7. The molecule has 0 N–H and O–H groups in total. The topological polar surface area (TPSA) is 73.3 Å². The van der Waals surface area contributed by atoms with Gasteiger partial charge in [0.2, 0.25) is 0 Å². The molecule has 1 atom stereocenters. The molecule has 0 bridgehead atoms. The molecular weight excluding hydrogens is 384 g/mol. The predicted molar refractivity (Wildman–Crippen MR) is 114 cm³/mol. The smallest absolute Gasteiger partial charge is 0.270 e. The molecule has 0 saturated heterocycles. The Labute approximate surface area is 171 Å². The maximum atomic E-state index is 11.2. The molecule has 7 heteroatoms. The predicted octanol–water partition coefficient (Wildman–Crippen LogP) is 5.36. The zero-order chi connectivity index (χ0) is 20.2. The van der Waals surface area contributed by atoms with Crippen molar-refractivity contribution in [3.05, 3.63) is 105 Å². The van der Waals surface area contributed by atoms with Crippen molar-refractivity contribution in [3.8, 4) is 11.3 Å². The van der Waals surface area contributed by atoms with E-state index in [9.17, 15) is 10.1 Å². The van der Waals surface area contributed by atoms with Crippen molar-refractivity contribution in [1.29, 1.82) is 0 Å². The molecule has 0 aliphatic heterocycles. The number of rotatable bonds is 5. The second kappa shape index (κ2) is 8.20. The number of aromatic nitrogens is 2. The van der Waals surface area contributed by atoms with Gasteiger partial charge in [0.05, 0.1) is 28.5 Å². The van der Waals surface area contributed by atoms with Crippen molar-refractivity contribution in [1.82, 2.24) is 9.55 Å². The molecule has 4 rings (SSSR count). The first kappa shape index (κ1) is 18.8. The highest BCUT2D eigenvalue weighted by molar-refractivity contribution is 7.07. The van der Waals surface area contributed by atoms with Gasteiger partial charge in [-0.3, -0.25) is 15.1 Å². The molecule has 4 aromatic rings. The number of hydrogen-bond donors (Lipinski definition) is 0. The van der Waals surface area contributed by atoms with Gasteiger partial charge in [-0.05, 0) is 24.6 Å². The van der Waals surface area contributed by atoms with Crippen molar-refractivity contribution >= 4 is 22.7 Å². The van der Waals surface area contributed by atoms with Gasteiger partial charge in [0.25, 0.3) is 5.69 Å². The van der Waals surface area contributed by atoms with E-state index in [0.717, 1.165) is 27.3 Å². The molecule has 0 spiro atoms. The lowest BCUT2D eigenvalue weighted by atomic mass is 10.1. The summed E-state index contributed by atoms with van der Waals surface area (Å²) in [5.41, 5.74) is 3.63. The Hall–Kier alpha value is -3.58. The monoisotopic (exact) mass is 402 g/mol.